The lowest BCUT2D eigenvalue weighted by Crippen LogP contribution is -2.38. The van der Waals surface area contributed by atoms with Crippen LogP contribution in [-0.4, -0.2) is 66.3 Å². The lowest BCUT2D eigenvalue weighted by molar-refractivity contribution is 0.140. The highest BCUT2D eigenvalue weighted by Crippen LogP contribution is 2.32. The minimum absolute atomic E-state index is 0.0496. The second-order valence-corrected chi connectivity index (χ2v) is 8.18. The molecule has 0 fully saturated rings. The van der Waals surface area contributed by atoms with Gasteiger partial charge in [-0.3, -0.25) is 4.18 Å². The van der Waals surface area contributed by atoms with Gasteiger partial charge in [-0.15, -0.1) is 10.00 Å². The topological polar surface area (TPSA) is 149 Å². The van der Waals surface area contributed by atoms with Crippen LogP contribution in [0.2, 0.25) is 0 Å². The van der Waals surface area contributed by atoms with E-state index in [9.17, 15) is 9.59 Å². The van der Waals surface area contributed by atoms with E-state index in [0.29, 0.717) is 45.8 Å². The second-order valence-electron chi connectivity index (χ2n) is 7.65. The number of hydrogen-bond acceptors (Lipinski definition) is 12. The van der Waals surface area contributed by atoms with Crippen LogP contribution >= 0.6 is 12.3 Å². The highest BCUT2D eigenvalue weighted by molar-refractivity contribution is 7.90. The molecule has 0 aromatic carbocycles. The van der Waals surface area contributed by atoms with E-state index in [1.807, 2.05) is 27.0 Å². The van der Waals surface area contributed by atoms with E-state index in [1.54, 1.807) is 36.7 Å². The number of anilines is 1. The average Bonchev–Trinajstić information content (AvgIpc) is 3.49. The molecule has 0 atom stereocenters. The van der Waals surface area contributed by atoms with Crippen LogP contribution in [-0.2, 0) is 20.7 Å². The molecule has 0 saturated carbocycles. The summed E-state index contributed by atoms with van der Waals surface area (Å²) in [6, 6.07) is 5.24. The van der Waals surface area contributed by atoms with E-state index in [-0.39, 0.29) is 19.2 Å². The molecule has 0 radical (unpaired) electrons. The van der Waals surface area contributed by atoms with E-state index < -0.39 is 12.2 Å². The highest BCUT2D eigenvalue weighted by Gasteiger charge is 2.30. The molecule has 0 spiro atoms. The Hall–Kier alpha value is -4.24. The third-order valence-electron chi connectivity index (χ3n) is 5.01. The third-order valence-corrected chi connectivity index (χ3v) is 5.59. The van der Waals surface area contributed by atoms with Gasteiger partial charge in [0.25, 0.3) is 5.95 Å². The second kappa shape index (κ2) is 11.9. The van der Waals surface area contributed by atoms with E-state index in [4.69, 9.17) is 27.8 Å². The maximum atomic E-state index is 12.4. The zero-order valence-electron chi connectivity index (χ0n) is 21.4. The molecule has 14 nitrogen and oxygen atoms in total. The summed E-state index contributed by atoms with van der Waals surface area (Å²) in [4.78, 5) is 43.4. The van der Waals surface area contributed by atoms with Gasteiger partial charge in [0.2, 0.25) is 12.3 Å². The van der Waals surface area contributed by atoms with Gasteiger partial charge in [0, 0.05) is 13.2 Å². The molecule has 0 bridgehead atoms. The van der Waals surface area contributed by atoms with Crippen LogP contribution in [0.25, 0.3) is 28.5 Å². The van der Waals surface area contributed by atoms with Gasteiger partial charge in [-0.25, -0.2) is 29.2 Å². The molecule has 4 aromatic heterocycles. The lowest BCUT2D eigenvalue weighted by Gasteiger charge is -2.15. The van der Waals surface area contributed by atoms with Crippen molar-refractivity contribution < 1.29 is 27.4 Å². The van der Waals surface area contributed by atoms with Crippen LogP contribution in [0.4, 0.5) is 15.5 Å². The number of aryl methyl sites for hydroxylation is 2. The molecule has 2 amide bonds. The number of carbonyl (C=O) groups is 2. The first-order chi connectivity index (χ1) is 18.4. The molecule has 200 valence electrons. The Kier molecular flexibility index (Phi) is 8.38. The Morgan fingerprint density at radius 1 is 1.03 bits per heavy atom. The number of hydrogen-bond donors (Lipinski definition) is 0. The fraction of sp³-hybridized carbons (Fsp3) is 0.348. The number of nitrogens with zero attached hydrogens (tertiary/aromatic N) is 8. The number of pyridine rings is 2. The molecular weight excluding hydrogens is 516 g/mol. The number of imide groups is 1. The van der Waals surface area contributed by atoms with Gasteiger partial charge in [-0.05, 0) is 51.5 Å². The summed E-state index contributed by atoms with van der Waals surface area (Å²) in [5, 5.41) is 4.26. The van der Waals surface area contributed by atoms with Crippen LogP contribution < -0.4 is 9.08 Å². The molecule has 0 aliphatic heterocycles. The van der Waals surface area contributed by atoms with Crippen molar-refractivity contribution in [3.05, 3.63) is 36.3 Å². The van der Waals surface area contributed by atoms with Crippen LogP contribution in [0, 0.1) is 6.92 Å². The summed E-state index contributed by atoms with van der Waals surface area (Å²) >= 11 is 0.819. The molecule has 38 heavy (non-hydrogen) atoms. The molecule has 0 N–H and O–H groups in total. The molecule has 15 heteroatoms. The van der Waals surface area contributed by atoms with Crippen LogP contribution in [0.3, 0.4) is 0 Å². The van der Waals surface area contributed by atoms with Crippen molar-refractivity contribution in [2.75, 3.05) is 24.7 Å². The Balaban J connectivity index is 1.77. The predicted molar refractivity (Wildman–Crippen MR) is 138 cm³/mol. The number of amides is 2. The first kappa shape index (κ1) is 26.8. The van der Waals surface area contributed by atoms with Crippen LogP contribution in [0.1, 0.15) is 26.3 Å². The number of aromatic nitrogens is 7. The van der Waals surface area contributed by atoms with Crippen molar-refractivity contribution >= 4 is 41.6 Å². The minimum Gasteiger partial charge on any atom is -0.449 e. The summed E-state index contributed by atoms with van der Waals surface area (Å²) in [5.74, 6) is 0.964. The molecule has 4 heterocycles. The van der Waals surface area contributed by atoms with E-state index in [1.165, 1.54) is 11.0 Å². The molecule has 0 aliphatic carbocycles. The minimum atomic E-state index is -0.962. The highest BCUT2D eigenvalue weighted by atomic mass is 32.2. The monoisotopic (exact) mass is 542 g/mol. The predicted octanol–water partition coefficient (Wildman–Crippen LogP) is 4.02. The number of imidazole rings is 1. The molecule has 4 aromatic rings. The Bertz CT molecular complexity index is 1440. The lowest BCUT2D eigenvalue weighted by atomic mass is 10.3. The van der Waals surface area contributed by atoms with Gasteiger partial charge in [0.1, 0.15) is 11.8 Å². The van der Waals surface area contributed by atoms with Gasteiger partial charge in [0.05, 0.1) is 19.8 Å². The normalized spacial score (nSPS) is 11.0. The van der Waals surface area contributed by atoms with E-state index in [0.717, 1.165) is 17.9 Å². The molecular formula is C23H26N8O6S. The van der Waals surface area contributed by atoms with Crippen molar-refractivity contribution in [3.8, 4) is 23.1 Å². The molecule has 0 unspecified atom stereocenters. The summed E-state index contributed by atoms with van der Waals surface area (Å²) in [5.41, 5.74) is 2.72. The largest absolute Gasteiger partial charge is 0.449 e. The summed E-state index contributed by atoms with van der Waals surface area (Å²) < 4.78 is 24.0. The number of carbonyl (C=O) groups excluding carboxylic acids is 2. The average molecular weight is 543 g/mol. The van der Waals surface area contributed by atoms with Gasteiger partial charge >= 0.3 is 12.2 Å². The van der Waals surface area contributed by atoms with E-state index in [2.05, 4.69) is 15.1 Å². The summed E-state index contributed by atoms with van der Waals surface area (Å²) in [6.45, 7) is 7.55. The Labute approximate surface area is 222 Å². The van der Waals surface area contributed by atoms with Crippen molar-refractivity contribution in [1.29, 1.82) is 0 Å². The Morgan fingerprint density at radius 3 is 2.45 bits per heavy atom. The SMILES string of the molecule is CCOSOc1ccc(-n2cnc(N(C(=O)OCC)C(=O)OCC)n2)nc1-c1nc2cc(C)cnc2n1C. The fourth-order valence-electron chi connectivity index (χ4n) is 3.37. The quantitative estimate of drug-likeness (QED) is 0.222. The van der Waals surface area contributed by atoms with Crippen molar-refractivity contribution in [3.63, 3.8) is 0 Å². The number of fused-ring (bicyclic) bond motifs is 1. The van der Waals surface area contributed by atoms with Gasteiger partial charge in [-0.1, -0.05) is 0 Å². The maximum Gasteiger partial charge on any atom is 0.426 e. The number of rotatable bonds is 9. The Morgan fingerprint density at radius 2 is 1.76 bits per heavy atom. The van der Waals surface area contributed by atoms with Crippen LogP contribution in [0.15, 0.2) is 30.7 Å². The van der Waals surface area contributed by atoms with Gasteiger partial charge in [0.15, 0.2) is 28.7 Å². The third kappa shape index (κ3) is 5.52. The van der Waals surface area contributed by atoms with Crippen molar-refractivity contribution in [2.24, 2.45) is 7.05 Å². The smallest absolute Gasteiger partial charge is 0.426 e. The first-order valence-electron chi connectivity index (χ1n) is 11.7. The van der Waals surface area contributed by atoms with Gasteiger partial charge in [-0.2, -0.15) is 4.98 Å². The first-order valence-corrected chi connectivity index (χ1v) is 12.4. The molecule has 4 rings (SSSR count). The fourth-order valence-corrected chi connectivity index (χ4v) is 3.72. The van der Waals surface area contributed by atoms with Crippen molar-refractivity contribution in [1.82, 2.24) is 34.3 Å². The number of ether oxygens (including phenoxy) is 2. The maximum absolute atomic E-state index is 12.4. The zero-order valence-corrected chi connectivity index (χ0v) is 22.3. The summed E-state index contributed by atoms with van der Waals surface area (Å²) in [7, 11) is 1.82. The van der Waals surface area contributed by atoms with Crippen molar-refractivity contribution in [2.45, 2.75) is 27.7 Å². The molecule has 0 aliphatic rings. The van der Waals surface area contributed by atoms with Crippen LogP contribution in [0.5, 0.6) is 5.75 Å². The zero-order chi connectivity index (χ0) is 27.2. The molecule has 0 saturated heterocycles. The standard InChI is InChI=1S/C23H26N8O6S/c1-6-34-22(32)31(23(33)35-7-2)21-25-13-30(28-21)17-10-9-16(37-38-36-8-3)18(27-17)20-26-15-11-14(4)12-24-19(15)29(20)5/h9-13H,6-8H2,1-5H3. The summed E-state index contributed by atoms with van der Waals surface area (Å²) in [6.07, 6.45) is 1.14. The van der Waals surface area contributed by atoms with Gasteiger partial charge < -0.3 is 18.2 Å². The van der Waals surface area contributed by atoms with E-state index >= 15 is 0 Å².